The number of thiazole rings is 1. The smallest absolute Gasteiger partial charge is 0.255 e. The molecule has 0 saturated carbocycles. The van der Waals surface area contributed by atoms with Crippen LogP contribution in [0.15, 0.2) is 78.3 Å². The first-order chi connectivity index (χ1) is 16.1. The molecule has 0 aliphatic rings. The Morgan fingerprint density at radius 2 is 1.79 bits per heavy atom. The van der Waals surface area contributed by atoms with Crippen LogP contribution in [-0.4, -0.2) is 21.8 Å². The zero-order valence-electron chi connectivity index (χ0n) is 17.9. The molecular formula is C25H22N4O3S. The minimum Gasteiger partial charge on any atom is -0.487 e. The number of carbonyl (C=O) groups excluding carboxylic acids is 2. The molecule has 0 spiro atoms. The number of hydrogen-bond donors (Lipinski definition) is 2. The fourth-order valence-corrected chi connectivity index (χ4v) is 3.65. The van der Waals surface area contributed by atoms with Crippen molar-refractivity contribution in [3.05, 3.63) is 106 Å². The topological polar surface area (TPSA) is 93.2 Å². The number of pyridine rings is 1. The Kier molecular flexibility index (Phi) is 7.06. The summed E-state index contributed by atoms with van der Waals surface area (Å²) in [5.74, 6) is 0.139. The Morgan fingerprint density at radius 3 is 2.52 bits per heavy atom. The van der Waals surface area contributed by atoms with Gasteiger partial charge in [-0.1, -0.05) is 12.1 Å². The second kappa shape index (κ2) is 10.5. The molecule has 0 saturated heterocycles. The molecule has 2 amide bonds. The monoisotopic (exact) mass is 458 g/mol. The first-order valence-electron chi connectivity index (χ1n) is 10.3. The van der Waals surface area contributed by atoms with Crippen LogP contribution < -0.4 is 15.4 Å². The van der Waals surface area contributed by atoms with E-state index in [9.17, 15) is 9.59 Å². The van der Waals surface area contributed by atoms with Crippen LogP contribution in [0.25, 0.3) is 0 Å². The molecule has 8 heteroatoms. The summed E-state index contributed by atoms with van der Waals surface area (Å²) in [4.78, 5) is 33.6. The summed E-state index contributed by atoms with van der Waals surface area (Å²) < 4.78 is 5.72. The largest absolute Gasteiger partial charge is 0.487 e. The van der Waals surface area contributed by atoms with Gasteiger partial charge in [0, 0.05) is 28.4 Å². The van der Waals surface area contributed by atoms with E-state index in [1.165, 1.54) is 0 Å². The Balaban J connectivity index is 1.32. The quantitative estimate of drug-likeness (QED) is 0.402. The van der Waals surface area contributed by atoms with E-state index in [2.05, 4.69) is 20.6 Å². The van der Waals surface area contributed by atoms with E-state index in [0.29, 0.717) is 35.7 Å². The van der Waals surface area contributed by atoms with E-state index in [-0.39, 0.29) is 11.8 Å². The molecule has 0 bridgehead atoms. The van der Waals surface area contributed by atoms with Crippen LogP contribution in [0, 0.1) is 6.92 Å². The second-order valence-electron chi connectivity index (χ2n) is 7.21. The van der Waals surface area contributed by atoms with Crippen molar-refractivity contribution >= 4 is 28.8 Å². The molecule has 0 atom stereocenters. The highest BCUT2D eigenvalue weighted by Crippen LogP contribution is 2.17. The third kappa shape index (κ3) is 6.24. The number of anilines is 1. The number of benzene rings is 2. The van der Waals surface area contributed by atoms with Gasteiger partial charge >= 0.3 is 0 Å². The van der Waals surface area contributed by atoms with Gasteiger partial charge in [0.1, 0.15) is 12.4 Å². The number of aryl methyl sites for hydroxylation is 1. The molecule has 0 aliphatic carbocycles. The molecule has 166 valence electrons. The molecule has 2 aromatic heterocycles. The fraction of sp³-hybridized carbons (Fsp3) is 0.120. The van der Waals surface area contributed by atoms with Gasteiger partial charge in [-0.15, -0.1) is 11.3 Å². The molecule has 4 aromatic rings. The van der Waals surface area contributed by atoms with Crippen molar-refractivity contribution in [1.82, 2.24) is 15.3 Å². The lowest BCUT2D eigenvalue weighted by Gasteiger charge is -2.09. The van der Waals surface area contributed by atoms with Gasteiger partial charge in [0.05, 0.1) is 22.9 Å². The number of hydrogen-bond acceptors (Lipinski definition) is 6. The third-order valence-electron chi connectivity index (χ3n) is 4.71. The fourth-order valence-electron chi connectivity index (χ4n) is 3.05. The van der Waals surface area contributed by atoms with Crippen molar-refractivity contribution in [1.29, 1.82) is 0 Å². The first-order valence-corrected chi connectivity index (χ1v) is 11.2. The summed E-state index contributed by atoms with van der Waals surface area (Å²) >= 11 is 1.58. The van der Waals surface area contributed by atoms with Crippen molar-refractivity contribution in [2.24, 2.45) is 0 Å². The van der Waals surface area contributed by atoms with Crippen molar-refractivity contribution in [2.75, 3.05) is 5.32 Å². The maximum atomic E-state index is 12.6. The number of nitrogens with zero attached hydrogens (tertiary/aromatic N) is 2. The molecular weight excluding hydrogens is 436 g/mol. The molecule has 2 N–H and O–H groups in total. The minimum absolute atomic E-state index is 0.242. The van der Waals surface area contributed by atoms with Crippen LogP contribution in [0.4, 0.5) is 5.69 Å². The van der Waals surface area contributed by atoms with Gasteiger partial charge in [0.25, 0.3) is 11.8 Å². The van der Waals surface area contributed by atoms with Gasteiger partial charge < -0.3 is 15.4 Å². The van der Waals surface area contributed by atoms with Crippen LogP contribution in [-0.2, 0) is 13.2 Å². The van der Waals surface area contributed by atoms with Crippen LogP contribution in [0.1, 0.15) is 37.1 Å². The third-order valence-corrected chi connectivity index (χ3v) is 5.53. The van der Waals surface area contributed by atoms with Crippen molar-refractivity contribution in [3.63, 3.8) is 0 Å². The highest BCUT2D eigenvalue weighted by atomic mass is 32.1. The number of aromatic nitrogens is 2. The zero-order valence-corrected chi connectivity index (χ0v) is 18.8. The molecule has 0 radical (unpaired) electrons. The van der Waals surface area contributed by atoms with E-state index < -0.39 is 0 Å². The second-order valence-corrected chi connectivity index (χ2v) is 8.27. The maximum Gasteiger partial charge on any atom is 0.255 e. The molecule has 2 aromatic carbocycles. The summed E-state index contributed by atoms with van der Waals surface area (Å²) in [7, 11) is 0. The lowest BCUT2D eigenvalue weighted by Crippen LogP contribution is -2.23. The SMILES string of the molecule is Cc1nc(COc2ccc(C(=O)Nc3cccc(C(=O)NCc4ccccn4)c3)cc2)cs1. The lowest BCUT2D eigenvalue weighted by molar-refractivity contribution is 0.0949. The van der Waals surface area contributed by atoms with Crippen LogP contribution in [0.3, 0.4) is 0 Å². The van der Waals surface area contributed by atoms with Crippen molar-refractivity contribution < 1.29 is 14.3 Å². The molecule has 4 rings (SSSR count). The summed E-state index contributed by atoms with van der Waals surface area (Å²) in [5.41, 5.74) is 3.11. The first kappa shape index (κ1) is 22.2. The zero-order chi connectivity index (χ0) is 23.0. The maximum absolute atomic E-state index is 12.6. The standard InChI is InChI=1S/C25H22N4O3S/c1-17-28-22(16-33-17)15-32-23-10-8-18(9-11-23)25(31)29-20-7-4-5-19(13-20)24(30)27-14-21-6-2-3-12-26-21/h2-13,16H,14-15H2,1H3,(H,27,30)(H,29,31). The molecule has 0 fully saturated rings. The lowest BCUT2D eigenvalue weighted by atomic mass is 10.1. The average Bonchev–Trinajstić information content (AvgIpc) is 3.27. The van der Waals surface area contributed by atoms with E-state index in [1.54, 1.807) is 66.1 Å². The number of nitrogens with one attached hydrogen (secondary N) is 2. The Bertz CT molecular complexity index is 1240. The molecule has 33 heavy (non-hydrogen) atoms. The number of amides is 2. The van der Waals surface area contributed by atoms with E-state index in [4.69, 9.17) is 4.74 Å². The highest BCUT2D eigenvalue weighted by Gasteiger charge is 2.10. The van der Waals surface area contributed by atoms with Gasteiger partial charge in [-0.2, -0.15) is 0 Å². The Hall–Kier alpha value is -4.04. The number of carbonyl (C=O) groups is 2. The van der Waals surface area contributed by atoms with Crippen LogP contribution in [0.2, 0.25) is 0 Å². The van der Waals surface area contributed by atoms with Gasteiger partial charge in [-0.25, -0.2) is 4.98 Å². The van der Waals surface area contributed by atoms with Crippen molar-refractivity contribution in [3.8, 4) is 5.75 Å². The Morgan fingerprint density at radius 1 is 0.939 bits per heavy atom. The molecule has 7 nitrogen and oxygen atoms in total. The summed E-state index contributed by atoms with van der Waals surface area (Å²) in [5, 5.41) is 8.61. The number of ether oxygens (including phenoxy) is 1. The molecule has 2 heterocycles. The van der Waals surface area contributed by atoms with Crippen LogP contribution >= 0.6 is 11.3 Å². The normalized spacial score (nSPS) is 10.5. The van der Waals surface area contributed by atoms with Gasteiger partial charge in [0.15, 0.2) is 0 Å². The minimum atomic E-state index is -0.275. The predicted octanol–water partition coefficient (Wildman–Crippen LogP) is 4.61. The number of rotatable bonds is 8. The van der Waals surface area contributed by atoms with Gasteiger partial charge in [-0.3, -0.25) is 14.6 Å². The predicted molar refractivity (Wildman–Crippen MR) is 127 cm³/mol. The Labute approximate surface area is 195 Å². The van der Waals surface area contributed by atoms with Crippen LogP contribution in [0.5, 0.6) is 5.75 Å². The summed E-state index contributed by atoms with van der Waals surface area (Å²) in [6.45, 7) is 2.66. The van der Waals surface area contributed by atoms with Gasteiger partial charge in [-0.05, 0) is 61.5 Å². The van der Waals surface area contributed by atoms with E-state index in [0.717, 1.165) is 16.4 Å². The van der Waals surface area contributed by atoms with E-state index in [1.807, 2.05) is 30.5 Å². The molecule has 0 unspecified atom stereocenters. The highest BCUT2D eigenvalue weighted by molar-refractivity contribution is 7.09. The van der Waals surface area contributed by atoms with Gasteiger partial charge in [0.2, 0.25) is 0 Å². The molecule has 0 aliphatic heterocycles. The average molecular weight is 459 g/mol. The summed E-state index contributed by atoms with van der Waals surface area (Å²) in [6.07, 6.45) is 1.68. The van der Waals surface area contributed by atoms with E-state index >= 15 is 0 Å². The van der Waals surface area contributed by atoms with Crippen molar-refractivity contribution in [2.45, 2.75) is 20.1 Å². The summed E-state index contributed by atoms with van der Waals surface area (Å²) in [6, 6.07) is 19.2.